The molecule has 2 atom stereocenters. The molecule has 1 aliphatic heterocycles. The Morgan fingerprint density at radius 1 is 1.39 bits per heavy atom. The number of alkyl halides is 2. The number of aromatic amines is 1. The molecular weight excluding hydrogens is 436 g/mol. The summed E-state index contributed by atoms with van der Waals surface area (Å²) in [4.78, 5) is 28.5. The fraction of sp³-hybridized carbons (Fsp3) is 0.545. The minimum atomic E-state index is -3.01. The van der Waals surface area contributed by atoms with Gasteiger partial charge in [-0.3, -0.25) is 14.5 Å². The highest BCUT2D eigenvalue weighted by Crippen LogP contribution is 2.40. The van der Waals surface area contributed by atoms with Crippen LogP contribution in [0, 0.1) is 5.92 Å². The zero-order valence-electron chi connectivity index (χ0n) is 18.3. The number of amides is 1. The minimum Gasteiger partial charge on any atom is -0.476 e. The molecule has 1 aliphatic carbocycles. The van der Waals surface area contributed by atoms with Crippen LogP contribution in [0.5, 0.6) is 5.88 Å². The highest BCUT2D eigenvalue weighted by atomic mass is 19.3. The Bertz CT molecular complexity index is 1040. The Kier molecular flexibility index (Phi) is 6.71. The van der Waals surface area contributed by atoms with Crippen LogP contribution in [0.25, 0.3) is 0 Å². The van der Waals surface area contributed by atoms with E-state index in [0.717, 1.165) is 12.8 Å². The number of H-pyrrole nitrogens is 1. The second-order valence-corrected chi connectivity index (χ2v) is 8.68. The molecule has 1 saturated heterocycles. The van der Waals surface area contributed by atoms with E-state index >= 15 is 0 Å². The van der Waals surface area contributed by atoms with E-state index in [2.05, 4.69) is 20.5 Å². The summed E-state index contributed by atoms with van der Waals surface area (Å²) in [6, 6.07) is 3.82. The van der Waals surface area contributed by atoms with Crippen LogP contribution < -0.4 is 15.6 Å². The highest BCUT2D eigenvalue weighted by Gasteiger charge is 2.46. The number of piperidine rings is 1. The lowest BCUT2D eigenvalue weighted by molar-refractivity contribution is -0.125. The number of hydrogen-bond acceptors (Lipinski definition) is 7. The van der Waals surface area contributed by atoms with Gasteiger partial charge in [0.25, 0.3) is 11.5 Å². The second-order valence-electron chi connectivity index (χ2n) is 8.68. The maximum absolute atomic E-state index is 14.7. The molecule has 0 bridgehead atoms. The molecule has 2 aromatic heterocycles. The quantitative estimate of drug-likeness (QED) is 0.547. The average molecular weight is 463 g/mol. The van der Waals surface area contributed by atoms with Crippen molar-refractivity contribution in [1.82, 2.24) is 20.1 Å². The third kappa shape index (κ3) is 5.53. The van der Waals surface area contributed by atoms with Gasteiger partial charge in [-0.05, 0) is 43.4 Å². The van der Waals surface area contributed by atoms with Crippen LogP contribution in [0.2, 0.25) is 0 Å². The van der Waals surface area contributed by atoms with Gasteiger partial charge in [0, 0.05) is 37.3 Å². The molecule has 178 valence electrons. The van der Waals surface area contributed by atoms with Gasteiger partial charge in [0.05, 0.1) is 25.2 Å². The number of ether oxygens (including phenoxy) is 1. The van der Waals surface area contributed by atoms with E-state index in [1.807, 2.05) is 0 Å². The summed E-state index contributed by atoms with van der Waals surface area (Å²) >= 11 is 0. The molecular formula is C22H27F2N5O4. The Morgan fingerprint density at radius 3 is 2.85 bits per heavy atom. The molecule has 2 fully saturated rings. The molecule has 1 amide bonds. The van der Waals surface area contributed by atoms with Gasteiger partial charge >= 0.3 is 0 Å². The molecule has 33 heavy (non-hydrogen) atoms. The molecule has 1 saturated carbocycles. The second kappa shape index (κ2) is 9.52. The van der Waals surface area contributed by atoms with Gasteiger partial charge in [-0.15, -0.1) is 10.2 Å². The summed E-state index contributed by atoms with van der Waals surface area (Å²) in [5, 5.41) is 19.9. The van der Waals surface area contributed by atoms with E-state index in [1.165, 1.54) is 12.3 Å². The molecule has 3 heterocycles. The Labute approximate surface area is 189 Å². The average Bonchev–Trinajstić information content (AvgIpc) is 3.63. The monoisotopic (exact) mass is 463 g/mol. The van der Waals surface area contributed by atoms with Crippen molar-refractivity contribution < 1.29 is 23.4 Å². The Balaban J connectivity index is 1.40. The smallest absolute Gasteiger partial charge is 0.257 e. The van der Waals surface area contributed by atoms with Crippen LogP contribution in [0.4, 0.5) is 14.6 Å². The zero-order valence-corrected chi connectivity index (χ0v) is 18.3. The predicted molar refractivity (Wildman–Crippen MR) is 115 cm³/mol. The largest absolute Gasteiger partial charge is 0.476 e. The molecule has 2 aliphatic rings. The normalized spacial score (nSPS) is 21.4. The number of aliphatic hydroxyl groups is 1. The van der Waals surface area contributed by atoms with Crippen molar-refractivity contribution in [3.8, 4) is 5.88 Å². The van der Waals surface area contributed by atoms with Crippen molar-refractivity contribution in [2.75, 3.05) is 25.0 Å². The number of carbonyl (C=O) groups excluding carboxylic acids is 1. The number of anilines is 1. The molecule has 0 radical (unpaired) electrons. The van der Waals surface area contributed by atoms with Crippen molar-refractivity contribution in [3.63, 3.8) is 0 Å². The van der Waals surface area contributed by atoms with Crippen molar-refractivity contribution in [3.05, 3.63) is 45.9 Å². The predicted octanol–water partition coefficient (Wildman–Crippen LogP) is 1.90. The number of hydrogen-bond donors (Lipinski definition) is 3. The lowest BCUT2D eigenvalue weighted by atomic mass is 9.86. The molecule has 0 spiro atoms. The third-order valence-corrected chi connectivity index (χ3v) is 6.22. The fourth-order valence-electron chi connectivity index (χ4n) is 3.84. The Hall–Kier alpha value is -2.92. The van der Waals surface area contributed by atoms with Gasteiger partial charge in [-0.1, -0.05) is 0 Å². The first kappa shape index (κ1) is 23.2. The topological polar surface area (TPSA) is 120 Å². The minimum absolute atomic E-state index is 0.0225. The summed E-state index contributed by atoms with van der Waals surface area (Å²) in [7, 11) is 0. The van der Waals surface area contributed by atoms with Gasteiger partial charge in [-0.25, -0.2) is 8.78 Å². The number of likely N-dealkylation sites (tertiary alicyclic amines) is 1. The summed E-state index contributed by atoms with van der Waals surface area (Å²) in [6.45, 7) is 1.65. The summed E-state index contributed by atoms with van der Waals surface area (Å²) < 4.78 is 35.0. The van der Waals surface area contributed by atoms with E-state index in [1.54, 1.807) is 24.0 Å². The van der Waals surface area contributed by atoms with Gasteiger partial charge in [-0.2, -0.15) is 0 Å². The summed E-state index contributed by atoms with van der Waals surface area (Å²) in [5.74, 6) is -3.42. The van der Waals surface area contributed by atoms with Crippen LogP contribution >= 0.6 is 0 Å². The fourth-order valence-corrected chi connectivity index (χ4v) is 3.84. The number of nitrogens with zero attached hydrogens (tertiary/aromatic N) is 3. The van der Waals surface area contributed by atoms with E-state index in [4.69, 9.17) is 4.74 Å². The third-order valence-electron chi connectivity index (χ3n) is 6.22. The van der Waals surface area contributed by atoms with Crippen LogP contribution in [0.1, 0.15) is 43.2 Å². The SMILES string of the molecule is CC(C(=O)Nc1ccc(OCC2CC2)nn1)N1CCC(F)(F)C(c2c[nH]c(=O)c(CO)c2)C1. The van der Waals surface area contributed by atoms with Crippen molar-refractivity contribution in [2.24, 2.45) is 5.92 Å². The van der Waals surface area contributed by atoms with E-state index in [-0.39, 0.29) is 30.0 Å². The number of nitrogens with one attached hydrogen (secondary N) is 2. The summed E-state index contributed by atoms with van der Waals surface area (Å²) in [5.41, 5.74) is -0.280. The van der Waals surface area contributed by atoms with Crippen molar-refractivity contribution in [1.29, 1.82) is 0 Å². The van der Waals surface area contributed by atoms with Gasteiger partial charge in [0.1, 0.15) is 0 Å². The summed E-state index contributed by atoms with van der Waals surface area (Å²) in [6.07, 6.45) is 3.13. The molecule has 2 unspecified atom stereocenters. The number of aromatic nitrogens is 3. The Morgan fingerprint density at radius 2 is 2.18 bits per heavy atom. The van der Waals surface area contributed by atoms with Gasteiger partial charge in [0.15, 0.2) is 5.82 Å². The van der Waals surface area contributed by atoms with Crippen LogP contribution in [-0.2, 0) is 11.4 Å². The van der Waals surface area contributed by atoms with Crippen LogP contribution in [-0.4, -0.2) is 62.8 Å². The number of aliphatic hydroxyl groups excluding tert-OH is 1. The number of halogens is 2. The maximum atomic E-state index is 14.7. The highest BCUT2D eigenvalue weighted by molar-refractivity contribution is 5.93. The zero-order chi connectivity index (χ0) is 23.6. The first-order valence-electron chi connectivity index (χ1n) is 11.0. The molecule has 3 N–H and O–H groups in total. The number of pyridine rings is 1. The first-order chi connectivity index (χ1) is 15.8. The molecule has 11 heteroatoms. The van der Waals surface area contributed by atoms with Gasteiger partial charge in [0.2, 0.25) is 11.8 Å². The van der Waals surface area contributed by atoms with Gasteiger partial charge < -0.3 is 20.1 Å². The molecule has 2 aromatic rings. The molecule has 4 rings (SSSR count). The van der Waals surface area contributed by atoms with Crippen molar-refractivity contribution >= 4 is 11.7 Å². The first-order valence-corrected chi connectivity index (χ1v) is 11.0. The van der Waals surface area contributed by atoms with E-state index < -0.39 is 42.4 Å². The number of rotatable bonds is 8. The maximum Gasteiger partial charge on any atom is 0.257 e. The van der Waals surface area contributed by atoms with Crippen LogP contribution in [0.15, 0.2) is 29.2 Å². The molecule has 9 nitrogen and oxygen atoms in total. The standard InChI is InChI=1S/C22H27F2N5O4/c1-13(20(31)26-18-4-5-19(28-27-18)33-12-14-2-3-14)29-7-6-22(23,24)17(10-29)15-8-16(11-30)21(32)25-9-15/h4-5,8-9,13-14,17,30H,2-3,6-7,10-12H2,1H3,(H,25,32)(H,26,27,31). The molecule has 0 aromatic carbocycles. The van der Waals surface area contributed by atoms with E-state index in [0.29, 0.717) is 18.4 Å². The lowest BCUT2D eigenvalue weighted by Crippen LogP contribution is -2.52. The number of carbonyl (C=O) groups is 1. The van der Waals surface area contributed by atoms with Crippen LogP contribution in [0.3, 0.4) is 0 Å². The lowest BCUT2D eigenvalue weighted by Gasteiger charge is -2.40. The van der Waals surface area contributed by atoms with Crippen molar-refractivity contribution in [2.45, 2.75) is 50.7 Å². The van der Waals surface area contributed by atoms with E-state index in [9.17, 15) is 23.5 Å².